The summed E-state index contributed by atoms with van der Waals surface area (Å²) >= 11 is 0. The highest BCUT2D eigenvalue weighted by Crippen LogP contribution is 2.19. The Morgan fingerprint density at radius 1 is 0.474 bits per heavy atom. The van der Waals surface area contributed by atoms with Crippen LogP contribution in [0, 0.1) is 0 Å². The second kappa shape index (κ2) is 30.5. The monoisotopic (exact) mass is 538 g/mol. The van der Waals surface area contributed by atoms with Gasteiger partial charge in [0, 0.05) is 12.8 Å². The molecule has 0 aromatic rings. The van der Waals surface area contributed by atoms with E-state index < -0.39 is 5.97 Å². The number of esters is 1. The van der Waals surface area contributed by atoms with E-state index in [1.807, 2.05) is 0 Å². The molecular formula is C34H66O4. The van der Waals surface area contributed by atoms with E-state index in [2.05, 4.69) is 13.8 Å². The van der Waals surface area contributed by atoms with Gasteiger partial charge in [0.05, 0.1) is 0 Å². The summed E-state index contributed by atoms with van der Waals surface area (Å²) < 4.78 is 5.97. The zero-order chi connectivity index (χ0) is 27.9. The zero-order valence-corrected chi connectivity index (χ0v) is 25.8. The van der Waals surface area contributed by atoms with Crippen molar-refractivity contribution in [1.82, 2.24) is 0 Å². The number of hydrogen-bond donors (Lipinski definition) is 1. The minimum atomic E-state index is -0.677. The van der Waals surface area contributed by atoms with Crippen molar-refractivity contribution in [3.63, 3.8) is 0 Å². The molecule has 1 N–H and O–H groups in total. The van der Waals surface area contributed by atoms with E-state index in [0.29, 0.717) is 12.8 Å². The van der Waals surface area contributed by atoms with Gasteiger partial charge >= 0.3 is 11.9 Å². The van der Waals surface area contributed by atoms with Gasteiger partial charge in [-0.25, -0.2) is 0 Å². The van der Waals surface area contributed by atoms with Crippen LogP contribution in [0.15, 0.2) is 0 Å². The molecule has 0 spiro atoms. The molecule has 0 aliphatic carbocycles. The Labute approximate surface area is 237 Å². The van der Waals surface area contributed by atoms with Crippen LogP contribution in [-0.2, 0) is 14.3 Å². The highest BCUT2D eigenvalue weighted by Gasteiger charge is 2.14. The maximum atomic E-state index is 12.5. The standard InChI is InChI=1S/C34H66O4/c1-3-5-7-9-10-11-12-16-19-23-27-31-34(37)38-32(28-24-20-8-6-4-2)29-25-21-17-14-13-15-18-22-26-30-33(35)36/h32H,3-31H2,1-2H3,(H,35,36). The van der Waals surface area contributed by atoms with Gasteiger partial charge in [0.25, 0.3) is 0 Å². The summed E-state index contributed by atoms with van der Waals surface area (Å²) in [5.41, 5.74) is 0. The highest BCUT2D eigenvalue weighted by molar-refractivity contribution is 5.69. The molecule has 1 atom stereocenters. The van der Waals surface area contributed by atoms with Crippen LogP contribution in [0.1, 0.15) is 200 Å². The molecule has 226 valence electrons. The molecule has 4 nitrogen and oxygen atoms in total. The van der Waals surface area contributed by atoms with Crippen molar-refractivity contribution in [2.45, 2.75) is 206 Å². The second-order valence-corrected chi connectivity index (χ2v) is 11.7. The van der Waals surface area contributed by atoms with Crippen LogP contribution in [0.4, 0.5) is 0 Å². The number of hydrogen-bond acceptors (Lipinski definition) is 3. The first-order valence-electron chi connectivity index (χ1n) is 17.0. The third-order valence-corrected chi connectivity index (χ3v) is 7.83. The number of aliphatic carboxylic acids is 1. The lowest BCUT2D eigenvalue weighted by atomic mass is 10.0. The number of rotatable bonds is 31. The molecule has 0 rings (SSSR count). The van der Waals surface area contributed by atoms with E-state index in [9.17, 15) is 9.59 Å². The molecule has 0 fully saturated rings. The van der Waals surface area contributed by atoms with Gasteiger partial charge < -0.3 is 9.84 Å². The Hall–Kier alpha value is -1.06. The third-order valence-electron chi connectivity index (χ3n) is 7.83. The SMILES string of the molecule is CCCCCCCCCCCCCC(=O)OC(CCCCCCC)CCCCCCCCCCCC(=O)O. The van der Waals surface area contributed by atoms with Gasteiger partial charge in [0.1, 0.15) is 6.10 Å². The molecule has 0 saturated carbocycles. The van der Waals surface area contributed by atoms with Gasteiger partial charge in [0.15, 0.2) is 0 Å². The molecule has 0 radical (unpaired) electrons. The summed E-state index contributed by atoms with van der Waals surface area (Å²) in [5, 5.41) is 8.68. The summed E-state index contributed by atoms with van der Waals surface area (Å²) in [6.07, 6.45) is 34.1. The lowest BCUT2D eigenvalue weighted by molar-refractivity contribution is -0.150. The summed E-state index contributed by atoms with van der Waals surface area (Å²) in [5.74, 6) is -0.647. The number of carboxylic acids is 1. The molecule has 0 bridgehead atoms. The number of carbonyl (C=O) groups is 2. The van der Waals surface area contributed by atoms with Crippen LogP contribution in [-0.4, -0.2) is 23.1 Å². The Morgan fingerprint density at radius 3 is 1.16 bits per heavy atom. The molecule has 4 heteroatoms. The fourth-order valence-corrected chi connectivity index (χ4v) is 5.30. The smallest absolute Gasteiger partial charge is 0.306 e. The maximum absolute atomic E-state index is 12.5. The Balaban J connectivity index is 3.90. The van der Waals surface area contributed by atoms with Crippen LogP contribution < -0.4 is 0 Å². The highest BCUT2D eigenvalue weighted by atomic mass is 16.5. The van der Waals surface area contributed by atoms with Crippen LogP contribution in [0.25, 0.3) is 0 Å². The minimum absolute atomic E-state index is 0.0300. The number of ether oxygens (including phenoxy) is 1. The van der Waals surface area contributed by atoms with Gasteiger partial charge in [-0.3, -0.25) is 9.59 Å². The van der Waals surface area contributed by atoms with Gasteiger partial charge in [-0.05, 0) is 38.5 Å². The summed E-state index contributed by atoms with van der Waals surface area (Å²) in [6.45, 7) is 4.52. The largest absolute Gasteiger partial charge is 0.481 e. The first kappa shape index (κ1) is 36.9. The van der Waals surface area contributed by atoms with Crippen molar-refractivity contribution in [3.8, 4) is 0 Å². The summed E-state index contributed by atoms with van der Waals surface area (Å²) in [7, 11) is 0. The van der Waals surface area contributed by atoms with Crippen molar-refractivity contribution in [2.24, 2.45) is 0 Å². The molecule has 0 aliphatic heterocycles. The van der Waals surface area contributed by atoms with E-state index in [0.717, 1.165) is 51.4 Å². The number of carbonyl (C=O) groups excluding carboxylic acids is 1. The fraction of sp³-hybridized carbons (Fsp3) is 0.941. The average Bonchev–Trinajstić information content (AvgIpc) is 2.89. The summed E-state index contributed by atoms with van der Waals surface area (Å²) in [4.78, 5) is 23.1. The Bertz CT molecular complexity index is 505. The number of unbranched alkanes of at least 4 members (excludes halogenated alkanes) is 22. The molecule has 0 aliphatic rings. The van der Waals surface area contributed by atoms with E-state index in [1.165, 1.54) is 122 Å². The quantitative estimate of drug-likeness (QED) is 0.0704. The molecule has 0 amide bonds. The Morgan fingerprint density at radius 2 is 0.789 bits per heavy atom. The second-order valence-electron chi connectivity index (χ2n) is 11.7. The van der Waals surface area contributed by atoms with E-state index in [4.69, 9.17) is 9.84 Å². The van der Waals surface area contributed by atoms with Gasteiger partial charge in [-0.2, -0.15) is 0 Å². The minimum Gasteiger partial charge on any atom is -0.481 e. The lowest BCUT2D eigenvalue weighted by Gasteiger charge is -2.18. The zero-order valence-electron chi connectivity index (χ0n) is 25.8. The molecule has 0 heterocycles. The van der Waals surface area contributed by atoms with Crippen molar-refractivity contribution in [3.05, 3.63) is 0 Å². The summed E-state index contributed by atoms with van der Waals surface area (Å²) in [6, 6.07) is 0. The average molecular weight is 539 g/mol. The molecule has 0 aromatic heterocycles. The molecule has 38 heavy (non-hydrogen) atoms. The van der Waals surface area contributed by atoms with E-state index in [-0.39, 0.29) is 12.1 Å². The lowest BCUT2D eigenvalue weighted by Crippen LogP contribution is -2.18. The first-order chi connectivity index (χ1) is 18.6. The molecule has 0 aromatic carbocycles. The van der Waals surface area contributed by atoms with Crippen molar-refractivity contribution >= 4 is 11.9 Å². The molecular weight excluding hydrogens is 472 g/mol. The van der Waals surface area contributed by atoms with Gasteiger partial charge in [0.2, 0.25) is 0 Å². The van der Waals surface area contributed by atoms with E-state index >= 15 is 0 Å². The third kappa shape index (κ3) is 29.5. The van der Waals surface area contributed by atoms with Crippen LogP contribution in [0.2, 0.25) is 0 Å². The normalized spacial score (nSPS) is 12.1. The van der Waals surface area contributed by atoms with Crippen molar-refractivity contribution < 1.29 is 19.4 Å². The van der Waals surface area contributed by atoms with Crippen molar-refractivity contribution in [2.75, 3.05) is 0 Å². The Kier molecular flexibility index (Phi) is 29.6. The molecule has 0 saturated heterocycles. The van der Waals surface area contributed by atoms with Crippen LogP contribution in [0.3, 0.4) is 0 Å². The number of carboxylic acid groups (broad SMARTS) is 1. The van der Waals surface area contributed by atoms with Gasteiger partial charge in [-0.1, -0.05) is 149 Å². The van der Waals surface area contributed by atoms with E-state index in [1.54, 1.807) is 0 Å². The van der Waals surface area contributed by atoms with Gasteiger partial charge in [-0.15, -0.1) is 0 Å². The molecule has 1 unspecified atom stereocenters. The first-order valence-corrected chi connectivity index (χ1v) is 17.0. The van der Waals surface area contributed by atoms with Crippen molar-refractivity contribution in [1.29, 1.82) is 0 Å². The maximum Gasteiger partial charge on any atom is 0.306 e. The van der Waals surface area contributed by atoms with Crippen LogP contribution in [0.5, 0.6) is 0 Å². The fourth-order valence-electron chi connectivity index (χ4n) is 5.30. The van der Waals surface area contributed by atoms with Crippen LogP contribution >= 0.6 is 0 Å². The topological polar surface area (TPSA) is 63.6 Å². The predicted molar refractivity (Wildman–Crippen MR) is 163 cm³/mol. The predicted octanol–water partition coefficient (Wildman–Crippen LogP) is 11.3.